The first-order valence-corrected chi connectivity index (χ1v) is 6.17. The molecule has 3 nitrogen and oxygen atoms in total. The van der Waals surface area contributed by atoms with Crippen LogP contribution in [0.4, 0.5) is 0 Å². The minimum Gasteiger partial charge on any atom is -0.349 e. The minimum atomic E-state index is 0.0943. The number of nitrogens with one attached hydrogen (secondary N) is 1. The third kappa shape index (κ3) is 2.03. The van der Waals surface area contributed by atoms with Crippen molar-refractivity contribution in [3.05, 3.63) is 0 Å². The topological polar surface area (TPSA) is 32.3 Å². The van der Waals surface area contributed by atoms with Gasteiger partial charge in [-0.15, -0.1) is 0 Å². The van der Waals surface area contributed by atoms with Crippen LogP contribution < -0.4 is 5.32 Å². The van der Waals surface area contributed by atoms with E-state index in [-0.39, 0.29) is 11.4 Å². The molecular weight excluding hydrogens is 188 g/mol. The number of amides is 1. The molecule has 0 unspecified atom stereocenters. The fraction of sp³-hybridized carbons (Fsp3) is 0.917. The molecule has 1 N–H and O–H groups in total. The van der Waals surface area contributed by atoms with E-state index in [4.69, 9.17) is 0 Å². The van der Waals surface area contributed by atoms with Crippen molar-refractivity contribution in [1.29, 1.82) is 0 Å². The largest absolute Gasteiger partial charge is 0.349 e. The predicted molar refractivity (Wildman–Crippen MR) is 60.6 cm³/mol. The van der Waals surface area contributed by atoms with Crippen molar-refractivity contribution in [1.82, 2.24) is 10.2 Å². The zero-order valence-electron chi connectivity index (χ0n) is 9.88. The van der Waals surface area contributed by atoms with Crippen LogP contribution in [-0.2, 0) is 4.79 Å². The first kappa shape index (κ1) is 10.9. The van der Waals surface area contributed by atoms with Gasteiger partial charge in [0.25, 0.3) is 0 Å². The van der Waals surface area contributed by atoms with Crippen molar-refractivity contribution >= 4 is 5.91 Å². The van der Waals surface area contributed by atoms with E-state index in [1.54, 1.807) is 6.92 Å². The number of carbonyl (C=O) groups excluding carboxylic acids is 1. The third-order valence-electron chi connectivity index (χ3n) is 4.00. The Labute approximate surface area is 92.2 Å². The van der Waals surface area contributed by atoms with E-state index >= 15 is 0 Å². The molecule has 1 atom stereocenters. The summed E-state index contributed by atoms with van der Waals surface area (Å²) >= 11 is 0. The van der Waals surface area contributed by atoms with Crippen LogP contribution in [0, 0.1) is 5.92 Å². The summed E-state index contributed by atoms with van der Waals surface area (Å²) in [5.74, 6) is 0.851. The molecule has 3 rings (SSSR count). The Hall–Kier alpha value is -0.570. The van der Waals surface area contributed by atoms with Crippen LogP contribution >= 0.6 is 0 Å². The molecular formula is C12H22N2O. The lowest BCUT2D eigenvalue weighted by molar-refractivity contribution is -0.124. The van der Waals surface area contributed by atoms with Crippen molar-refractivity contribution in [3.8, 4) is 0 Å². The lowest BCUT2D eigenvalue weighted by Gasteiger charge is -2.53. The molecule has 3 saturated heterocycles. The molecule has 3 aliphatic heterocycles. The average molecular weight is 210 g/mol. The second-order valence-electron chi connectivity index (χ2n) is 5.14. The summed E-state index contributed by atoms with van der Waals surface area (Å²) in [5.41, 5.74) is 0.0943. The number of piperidine rings is 3. The summed E-state index contributed by atoms with van der Waals surface area (Å²) < 4.78 is 0. The number of nitrogens with zero attached hydrogens (tertiary/aromatic N) is 1. The van der Waals surface area contributed by atoms with Crippen LogP contribution in [0.1, 0.15) is 39.5 Å². The molecule has 3 aliphatic rings. The standard InChI is InChI=1S/C12H22N2O/c1-3-6-12(13-10(2)15)9-14-7-4-11(12)5-8-14/h11H,3-9H2,1-2H3,(H,13,15)/t12-/m0/s1. The Morgan fingerprint density at radius 3 is 2.53 bits per heavy atom. The van der Waals surface area contributed by atoms with Gasteiger partial charge in [0.15, 0.2) is 0 Å². The number of rotatable bonds is 3. The Morgan fingerprint density at radius 1 is 1.47 bits per heavy atom. The Kier molecular flexibility index (Phi) is 3.01. The van der Waals surface area contributed by atoms with E-state index in [2.05, 4.69) is 17.1 Å². The second-order valence-corrected chi connectivity index (χ2v) is 5.14. The quantitative estimate of drug-likeness (QED) is 0.763. The van der Waals surface area contributed by atoms with Crippen LogP contribution in [-0.4, -0.2) is 36.0 Å². The summed E-state index contributed by atoms with van der Waals surface area (Å²) in [6.07, 6.45) is 4.82. The number of carbonyl (C=O) groups is 1. The number of hydrogen-bond donors (Lipinski definition) is 1. The van der Waals surface area contributed by atoms with Crippen molar-refractivity contribution in [2.45, 2.75) is 45.1 Å². The summed E-state index contributed by atoms with van der Waals surface area (Å²) in [4.78, 5) is 13.8. The fourth-order valence-corrected chi connectivity index (χ4v) is 3.46. The van der Waals surface area contributed by atoms with Crippen LogP contribution in [0.15, 0.2) is 0 Å². The Bertz CT molecular complexity index is 246. The average Bonchev–Trinajstić information content (AvgIpc) is 2.18. The summed E-state index contributed by atoms with van der Waals surface area (Å²) in [5, 5.41) is 3.25. The highest BCUT2D eigenvalue weighted by molar-refractivity contribution is 5.74. The van der Waals surface area contributed by atoms with Gasteiger partial charge in [0.1, 0.15) is 0 Å². The van der Waals surface area contributed by atoms with Gasteiger partial charge in [0.05, 0.1) is 5.54 Å². The highest BCUT2D eigenvalue weighted by atomic mass is 16.1. The van der Waals surface area contributed by atoms with E-state index in [0.717, 1.165) is 19.4 Å². The molecule has 15 heavy (non-hydrogen) atoms. The highest BCUT2D eigenvalue weighted by Gasteiger charge is 2.46. The zero-order valence-corrected chi connectivity index (χ0v) is 9.88. The first-order chi connectivity index (χ1) is 7.16. The monoisotopic (exact) mass is 210 g/mol. The van der Waals surface area contributed by atoms with Crippen LogP contribution in [0.3, 0.4) is 0 Å². The normalized spacial score (nSPS) is 39.1. The number of fused-ring (bicyclic) bond motifs is 3. The van der Waals surface area contributed by atoms with Gasteiger partial charge < -0.3 is 10.2 Å². The lowest BCUT2D eigenvalue weighted by atomic mass is 9.70. The maximum atomic E-state index is 11.3. The van der Waals surface area contributed by atoms with Gasteiger partial charge in [0, 0.05) is 13.5 Å². The van der Waals surface area contributed by atoms with Crippen LogP contribution in [0.25, 0.3) is 0 Å². The number of hydrogen-bond acceptors (Lipinski definition) is 2. The molecule has 3 fully saturated rings. The van der Waals surface area contributed by atoms with Crippen LogP contribution in [0.5, 0.6) is 0 Å². The Balaban J connectivity index is 2.14. The molecule has 2 bridgehead atoms. The smallest absolute Gasteiger partial charge is 0.217 e. The fourth-order valence-electron chi connectivity index (χ4n) is 3.46. The minimum absolute atomic E-state index is 0.0943. The highest BCUT2D eigenvalue weighted by Crippen LogP contribution is 2.38. The summed E-state index contributed by atoms with van der Waals surface area (Å²) in [7, 11) is 0. The van der Waals surface area contributed by atoms with E-state index < -0.39 is 0 Å². The molecule has 86 valence electrons. The van der Waals surface area contributed by atoms with Crippen molar-refractivity contribution in [2.24, 2.45) is 5.92 Å². The predicted octanol–water partition coefficient (Wildman–Crippen LogP) is 1.39. The van der Waals surface area contributed by atoms with E-state index in [1.165, 1.54) is 25.9 Å². The van der Waals surface area contributed by atoms with Gasteiger partial charge in [-0.3, -0.25) is 4.79 Å². The molecule has 0 radical (unpaired) electrons. The Morgan fingerprint density at radius 2 is 2.13 bits per heavy atom. The van der Waals surface area contributed by atoms with Gasteiger partial charge in [0.2, 0.25) is 5.91 Å². The molecule has 3 heteroatoms. The van der Waals surface area contributed by atoms with Gasteiger partial charge >= 0.3 is 0 Å². The molecule has 0 aliphatic carbocycles. The van der Waals surface area contributed by atoms with E-state index in [1.807, 2.05) is 0 Å². The molecule has 1 amide bonds. The van der Waals surface area contributed by atoms with E-state index in [9.17, 15) is 4.79 Å². The van der Waals surface area contributed by atoms with Crippen LogP contribution in [0.2, 0.25) is 0 Å². The third-order valence-corrected chi connectivity index (χ3v) is 4.00. The van der Waals surface area contributed by atoms with E-state index in [0.29, 0.717) is 5.92 Å². The lowest BCUT2D eigenvalue weighted by Crippen LogP contribution is -2.66. The SMILES string of the molecule is CCC[C@]1(NC(C)=O)CN2CCC1CC2. The molecule has 0 aromatic rings. The summed E-state index contributed by atoms with van der Waals surface area (Å²) in [6.45, 7) is 7.40. The van der Waals surface area contributed by atoms with Gasteiger partial charge in [-0.1, -0.05) is 13.3 Å². The van der Waals surface area contributed by atoms with Crippen molar-refractivity contribution < 1.29 is 4.79 Å². The molecule has 0 spiro atoms. The maximum Gasteiger partial charge on any atom is 0.217 e. The van der Waals surface area contributed by atoms with Gasteiger partial charge in [-0.25, -0.2) is 0 Å². The zero-order chi connectivity index (χ0) is 10.9. The van der Waals surface area contributed by atoms with Gasteiger partial charge in [-0.05, 0) is 38.3 Å². The molecule has 0 saturated carbocycles. The first-order valence-electron chi connectivity index (χ1n) is 6.17. The van der Waals surface area contributed by atoms with Crippen molar-refractivity contribution in [3.63, 3.8) is 0 Å². The van der Waals surface area contributed by atoms with Gasteiger partial charge in [-0.2, -0.15) is 0 Å². The second kappa shape index (κ2) is 4.12. The van der Waals surface area contributed by atoms with Crippen molar-refractivity contribution in [2.75, 3.05) is 19.6 Å². The maximum absolute atomic E-state index is 11.3. The molecule has 0 aromatic heterocycles. The molecule has 0 aromatic carbocycles. The molecule has 3 heterocycles. The summed E-state index contributed by atoms with van der Waals surface area (Å²) in [6, 6.07) is 0.